The first-order chi connectivity index (χ1) is 17.7. The van der Waals surface area contributed by atoms with Gasteiger partial charge in [0.05, 0.1) is 41.4 Å². The van der Waals surface area contributed by atoms with Gasteiger partial charge in [0, 0.05) is 41.8 Å². The second-order valence-corrected chi connectivity index (χ2v) is 9.87. The van der Waals surface area contributed by atoms with Gasteiger partial charge in [0.2, 0.25) is 0 Å². The first kappa shape index (κ1) is 22.6. The first-order valence-corrected chi connectivity index (χ1v) is 12.8. The standard InChI is InChI=1S/C28H24N4O3S/c33-18-22-15-19-8-9-32(26-7-2-1-4-23(26)27(19)36-22)28(34)25-6-3-5-24(30-25)20-14-21(17-29-16-20)31-10-12-35-13-11-31/h1-7,14-18H,8-13H2. The topological polar surface area (TPSA) is 75.6 Å². The summed E-state index contributed by atoms with van der Waals surface area (Å²) in [4.78, 5) is 40.1. The molecule has 180 valence electrons. The van der Waals surface area contributed by atoms with Crippen molar-refractivity contribution in [1.82, 2.24) is 9.97 Å². The zero-order valence-corrected chi connectivity index (χ0v) is 20.4. The summed E-state index contributed by atoms with van der Waals surface area (Å²) in [6.07, 6.45) is 5.20. The maximum absolute atomic E-state index is 13.8. The van der Waals surface area contributed by atoms with E-state index in [0.717, 1.165) is 52.3 Å². The highest BCUT2D eigenvalue weighted by Gasteiger charge is 2.27. The van der Waals surface area contributed by atoms with Crippen LogP contribution in [0.2, 0.25) is 0 Å². The third-order valence-electron chi connectivity index (χ3n) is 6.60. The molecular weight excluding hydrogens is 472 g/mol. The highest BCUT2D eigenvalue weighted by Crippen LogP contribution is 2.41. The number of nitrogens with zero attached hydrogens (tertiary/aromatic N) is 4. The fraction of sp³-hybridized carbons (Fsp3) is 0.214. The van der Waals surface area contributed by atoms with Gasteiger partial charge in [-0.1, -0.05) is 24.3 Å². The number of morpholine rings is 1. The van der Waals surface area contributed by atoms with Crippen LogP contribution in [0, 0.1) is 0 Å². The average Bonchev–Trinajstić information content (AvgIpc) is 3.30. The van der Waals surface area contributed by atoms with Gasteiger partial charge >= 0.3 is 0 Å². The van der Waals surface area contributed by atoms with Crippen molar-refractivity contribution in [2.45, 2.75) is 6.42 Å². The number of pyridine rings is 2. The van der Waals surface area contributed by atoms with Gasteiger partial charge in [-0.25, -0.2) is 4.98 Å². The van der Waals surface area contributed by atoms with Crippen molar-refractivity contribution in [1.29, 1.82) is 0 Å². The average molecular weight is 497 g/mol. The van der Waals surface area contributed by atoms with Gasteiger partial charge in [-0.15, -0.1) is 11.3 Å². The monoisotopic (exact) mass is 496 g/mol. The van der Waals surface area contributed by atoms with Crippen molar-refractivity contribution < 1.29 is 14.3 Å². The minimum atomic E-state index is -0.146. The summed E-state index contributed by atoms with van der Waals surface area (Å²) >= 11 is 1.47. The van der Waals surface area contributed by atoms with Crippen LogP contribution in [0.5, 0.6) is 0 Å². The van der Waals surface area contributed by atoms with Crippen LogP contribution in [0.4, 0.5) is 11.4 Å². The summed E-state index contributed by atoms with van der Waals surface area (Å²) in [5.74, 6) is -0.146. The van der Waals surface area contributed by atoms with Gasteiger partial charge in [0.25, 0.3) is 5.91 Å². The molecule has 1 amide bonds. The number of benzene rings is 1. The number of ether oxygens (including phenoxy) is 1. The van der Waals surface area contributed by atoms with Crippen LogP contribution in [-0.4, -0.2) is 55.0 Å². The van der Waals surface area contributed by atoms with Crippen molar-refractivity contribution in [3.05, 3.63) is 83.1 Å². The molecule has 36 heavy (non-hydrogen) atoms. The van der Waals surface area contributed by atoms with Crippen LogP contribution in [-0.2, 0) is 11.2 Å². The van der Waals surface area contributed by atoms with Crippen LogP contribution in [0.25, 0.3) is 21.7 Å². The van der Waals surface area contributed by atoms with E-state index >= 15 is 0 Å². The molecule has 1 saturated heterocycles. The number of anilines is 2. The quantitative estimate of drug-likeness (QED) is 0.381. The Morgan fingerprint density at radius 2 is 1.86 bits per heavy atom. The number of hydrogen-bond donors (Lipinski definition) is 0. The number of hydrogen-bond acceptors (Lipinski definition) is 7. The summed E-state index contributed by atoms with van der Waals surface area (Å²) in [6, 6.07) is 17.4. The molecule has 5 heterocycles. The van der Waals surface area contributed by atoms with E-state index in [-0.39, 0.29) is 5.91 Å². The number of rotatable bonds is 4. The van der Waals surface area contributed by atoms with E-state index in [1.165, 1.54) is 11.3 Å². The van der Waals surface area contributed by atoms with Gasteiger partial charge in [0.15, 0.2) is 6.29 Å². The fourth-order valence-electron chi connectivity index (χ4n) is 4.80. The second kappa shape index (κ2) is 9.64. The summed E-state index contributed by atoms with van der Waals surface area (Å²) in [6.45, 7) is 3.56. The summed E-state index contributed by atoms with van der Waals surface area (Å²) in [5, 5.41) is 0. The lowest BCUT2D eigenvalue weighted by Crippen LogP contribution is -2.36. The van der Waals surface area contributed by atoms with Gasteiger partial charge in [-0.2, -0.15) is 0 Å². The Labute approximate surface area is 213 Å². The van der Waals surface area contributed by atoms with Crippen LogP contribution >= 0.6 is 11.3 Å². The predicted molar refractivity (Wildman–Crippen MR) is 141 cm³/mol. The highest BCUT2D eigenvalue weighted by molar-refractivity contribution is 7.17. The minimum Gasteiger partial charge on any atom is -0.378 e. The molecule has 0 radical (unpaired) electrons. The maximum atomic E-state index is 13.8. The summed E-state index contributed by atoms with van der Waals surface area (Å²) in [5.41, 5.74) is 5.89. The van der Waals surface area contributed by atoms with Crippen molar-refractivity contribution in [2.75, 3.05) is 42.6 Å². The Hall–Kier alpha value is -3.88. The number of carbonyl (C=O) groups excluding carboxylic acids is 2. The molecule has 0 N–H and O–H groups in total. The van der Waals surface area contributed by atoms with E-state index in [2.05, 4.69) is 16.0 Å². The highest BCUT2D eigenvalue weighted by atomic mass is 32.1. The molecule has 4 aromatic rings. The van der Waals surface area contributed by atoms with E-state index in [1.807, 2.05) is 48.7 Å². The number of aromatic nitrogens is 2. The lowest BCUT2D eigenvalue weighted by atomic mass is 10.1. The van der Waals surface area contributed by atoms with E-state index in [0.29, 0.717) is 42.4 Å². The molecule has 2 aliphatic heterocycles. The number of para-hydroxylation sites is 1. The zero-order valence-electron chi connectivity index (χ0n) is 19.6. The molecule has 1 aromatic carbocycles. The van der Waals surface area contributed by atoms with Gasteiger partial charge in [-0.05, 0) is 42.3 Å². The molecule has 0 spiro atoms. The Balaban J connectivity index is 1.32. The number of thiophene rings is 1. The lowest BCUT2D eigenvalue weighted by molar-refractivity contribution is 0.0982. The number of aldehydes is 1. The SMILES string of the molecule is O=Cc1cc2c(s1)-c1ccccc1N(C(=O)c1cccc(-c3cncc(N4CCOCC4)c3)n1)CC2. The molecule has 8 heteroatoms. The van der Waals surface area contributed by atoms with Gasteiger partial charge < -0.3 is 14.5 Å². The van der Waals surface area contributed by atoms with Crippen molar-refractivity contribution in [3.63, 3.8) is 0 Å². The molecule has 0 unspecified atom stereocenters. The van der Waals surface area contributed by atoms with E-state index in [1.54, 1.807) is 17.2 Å². The molecule has 0 atom stereocenters. The number of amides is 1. The van der Waals surface area contributed by atoms with Crippen LogP contribution < -0.4 is 9.80 Å². The molecular formula is C28H24N4O3S. The van der Waals surface area contributed by atoms with Crippen molar-refractivity contribution in [3.8, 4) is 21.7 Å². The normalized spacial score (nSPS) is 15.1. The molecule has 2 aliphatic rings. The largest absolute Gasteiger partial charge is 0.378 e. The summed E-state index contributed by atoms with van der Waals surface area (Å²) in [7, 11) is 0. The number of carbonyl (C=O) groups is 2. The Morgan fingerprint density at radius 1 is 1.00 bits per heavy atom. The second-order valence-electron chi connectivity index (χ2n) is 8.78. The zero-order chi connectivity index (χ0) is 24.5. The fourth-order valence-corrected chi connectivity index (χ4v) is 5.86. The minimum absolute atomic E-state index is 0.146. The van der Waals surface area contributed by atoms with Crippen LogP contribution in [0.1, 0.15) is 25.7 Å². The van der Waals surface area contributed by atoms with E-state index in [4.69, 9.17) is 9.72 Å². The molecule has 1 fully saturated rings. The van der Waals surface area contributed by atoms with E-state index < -0.39 is 0 Å². The molecule has 0 aliphatic carbocycles. The summed E-state index contributed by atoms with van der Waals surface area (Å²) < 4.78 is 5.47. The molecule has 0 saturated carbocycles. The maximum Gasteiger partial charge on any atom is 0.276 e. The van der Waals surface area contributed by atoms with Crippen LogP contribution in [0.15, 0.2) is 67.0 Å². The lowest BCUT2D eigenvalue weighted by Gasteiger charge is -2.28. The smallest absolute Gasteiger partial charge is 0.276 e. The Bertz CT molecular complexity index is 1440. The van der Waals surface area contributed by atoms with Gasteiger partial charge in [0.1, 0.15) is 5.69 Å². The third-order valence-corrected chi connectivity index (χ3v) is 7.73. The number of fused-ring (bicyclic) bond motifs is 3. The first-order valence-electron chi connectivity index (χ1n) is 12.0. The van der Waals surface area contributed by atoms with Gasteiger partial charge in [-0.3, -0.25) is 14.6 Å². The molecule has 3 aromatic heterocycles. The Kier molecular flexibility index (Phi) is 6.04. The van der Waals surface area contributed by atoms with Crippen molar-refractivity contribution in [2.24, 2.45) is 0 Å². The molecule has 7 nitrogen and oxygen atoms in total. The van der Waals surface area contributed by atoms with E-state index in [9.17, 15) is 9.59 Å². The third kappa shape index (κ3) is 4.19. The molecule has 0 bridgehead atoms. The Morgan fingerprint density at radius 3 is 2.72 bits per heavy atom. The van der Waals surface area contributed by atoms with Crippen molar-refractivity contribution >= 4 is 34.9 Å². The van der Waals surface area contributed by atoms with Crippen LogP contribution in [0.3, 0.4) is 0 Å². The molecule has 6 rings (SSSR count). The predicted octanol–water partition coefficient (Wildman–Crippen LogP) is 4.72.